The van der Waals surface area contributed by atoms with Crippen molar-refractivity contribution in [1.29, 1.82) is 0 Å². The van der Waals surface area contributed by atoms with Crippen LogP contribution in [0.1, 0.15) is 28.1 Å². The lowest BCUT2D eigenvalue weighted by molar-refractivity contribution is 0.731. The molecule has 1 aromatic carbocycles. The molecule has 0 aliphatic rings. The van der Waals surface area contributed by atoms with E-state index in [4.69, 9.17) is 11.6 Å². The van der Waals surface area contributed by atoms with Gasteiger partial charge in [-0.15, -0.1) is 11.3 Å². The molecule has 0 fully saturated rings. The molecule has 1 heterocycles. The second kappa shape index (κ2) is 6.32. The Hall–Kier alpha value is -0.900. The molecular formula is C14H17ClN2S. The van der Waals surface area contributed by atoms with Crippen LogP contribution in [0.4, 0.5) is 0 Å². The van der Waals surface area contributed by atoms with Gasteiger partial charge in [-0.3, -0.25) is 0 Å². The molecule has 0 spiro atoms. The fourth-order valence-corrected chi connectivity index (χ4v) is 3.04. The van der Waals surface area contributed by atoms with Gasteiger partial charge in [0, 0.05) is 22.9 Å². The van der Waals surface area contributed by atoms with Gasteiger partial charge < -0.3 is 5.32 Å². The van der Waals surface area contributed by atoms with Crippen LogP contribution in [0.2, 0.25) is 5.02 Å². The van der Waals surface area contributed by atoms with Crippen molar-refractivity contribution in [2.24, 2.45) is 0 Å². The first kappa shape index (κ1) is 13.5. The summed E-state index contributed by atoms with van der Waals surface area (Å²) in [6, 6.07) is 7.96. The van der Waals surface area contributed by atoms with E-state index in [1.807, 2.05) is 18.2 Å². The maximum absolute atomic E-state index is 6.17. The molecule has 2 rings (SSSR count). The molecular weight excluding hydrogens is 264 g/mol. The van der Waals surface area contributed by atoms with Gasteiger partial charge in [-0.25, -0.2) is 4.98 Å². The fraction of sp³-hybridized carbons (Fsp3) is 0.357. The van der Waals surface area contributed by atoms with E-state index >= 15 is 0 Å². The van der Waals surface area contributed by atoms with Crippen molar-refractivity contribution in [3.8, 4) is 0 Å². The predicted octanol–water partition coefficient (Wildman–Crippen LogP) is 3.81. The number of rotatable bonds is 5. The summed E-state index contributed by atoms with van der Waals surface area (Å²) in [5.41, 5.74) is 2.27. The summed E-state index contributed by atoms with van der Waals surface area (Å²) in [7, 11) is 0. The Balaban J connectivity index is 2.13. The van der Waals surface area contributed by atoms with E-state index in [2.05, 4.69) is 30.2 Å². The van der Waals surface area contributed by atoms with Gasteiger partial charge in [0.15, 0.2) is 0 Å². The van der Waals surface area contributed by atoms with Crippen molar-refractivity contribution in [1.82, 2.24) is 10.3 Å². The molecule has 0 radical (unpaired) electrons. The molecule has 2 nitrogen and oxygen atoms in total. The molecule has 1 aromatic heterocycles. The molecule has 18 heavy (non-hydrogen) atoms. The summed E-state index contributed by atoms with van der Waals surface area (Å²) in [6.07, 6.45) is 0.817. The van der Waals surface area contributed by atoms with Crippen LogP contribution in [-0.2, 0) is 13.0 Å². The van der Waals surface area contributed by atoms with Crippen molar-refractivity contribution < 1.29 is 0 Å². The molecule has 0 amide bonds. The van der Waals surface area contributed by atoms with E-state index in [1.54, 1.807) is 11.3 Å². The third-order valence-electron chi connectivity index (χ3n) is 2.77. The lowest BCUT2D eigenvalue weighted by Gasteiger charge is -2.00. The summed E-state index contributed by atoms with van der Waals surface area (Å²) in [5, 5.41) is 5.29. The number of nitrogens with zero attached hydrogens (tertiary/aromatic N) is 1. The van der Waals surface area contributed by atoms with Crippen LogP contribution >= 0.6 is 22.9 Å². The zero-order valence-corrected chi connectivity index (χ0v) is 12.2. The van der Waals surface area contributed by atoms with Crippen molar-refractivity contribution >= 4 is 22.9 Å². The van der Waals surface area contributed by atoms with E-state index in [-0.39, 0.29) is 0 Å². The molecule has 0 saturated heterocycles. The van der Waals surface area contributed by atoms with Crippen molar-refractivity contribution in [3.05, 3.63) is 50.4 Å². The Morgan fingerprint density at radius 2 is 2.11 bits per heavy atom. The number of nitrogens with one attached hydrogen (secondary N) is 1. The summed E-state index contributed by atoms with van der Waals surface area (Å²) >= 11 is 7.94. The van der Waals surface area contributed by atoms with E-state index in [1.165, 1.54) is 4.88 Å². The number of aryl methyl sites for hydroxylation is 1. The van der Waals surface area contributed by atoms with Crippen molar-refractivity contribution in [3.63, 3.8) is 0 Å². The smallest absolute Gasteiger partial charge is 0.0975 e. The van der Waals surface area contributed by atoms with Gasteiger partial charge in [0.05, 0.1) is 10.7 Å². The molecule has 0 saturated carbocycles. The second-order valence-corrected chi connectivity index (χ2v) is 5.74. The molecule has 0 aliphatic carbocycles. The van der Waals surface area contributed by atoms with Crippen molar-refractivity contribution in [2.75, 3.05) is 6.54 Å². The number of hydrogen-bond donors (Lipinski definition) is 1. The highest BCUT2D eigenvalue weighted by Gasteiger charge is 2.09. The normalized spacial score (nSPS) is 10.8. The molecule has 4 heteroatoms. The minimum Gasteiger partial charge on any atom is -0.312 e. The molecule has 1 N–H and O–H groups in total. The SMILES string of the molecule is CCNCc1sc(Cc2ccccc2Cl)nc1C. The van der Waals surface area contributed by atoms with E-state index in [9.17, 15) is 0 Å². The van der Waals surface area contributed by atoms with Gasteiger partial charge in [-0.2, -0.15) is 0 Å². The van der Waals surface area contributed by atoms with Gasteiger partial charge >= 0.3 is 0 Å². The lowest BCUT2D eigenvalue weighted by atomic mass is 10.2. The highest BCUT2D eigenvalue weighted by molar-refractivity contribution is 7.11. The zero-order valence-electron chi connectivity index (χ0n) is 10.7. The number of thiazole rings is 1. The van der Waals surface area contributed by atoms with Gasteiger partial charge in [0.25, 0.3) is 0 Å². The summed E-state index contributed by atoms with van der Waals surface area (Å²) < 4.78 is 0. The maximum Gasteiger partial charge on any atom is 0.0975 e. The Labute approximate surface area is 117 Å². The number of hydrogen-bond acceptors (Lipinski definition) is 3. The van der Waals surface area contributed by atoms with Gasteiger partial charge in [0.1, 0.15) is 0 Å². The average molecular weight is 281 g/mol. The second-order valence-electron chi connectivity index (χ2n) is 4.16. The topological polar surface area (TPSA) is 24.9 Å². The Morgan fingerprint density at radius 3 is 2.83 bits per heavy atom. The van der Waals surface area contributed by atoms with Gasteiger partial charge in [-0.1, -0.05) is 36.7 Å². The van der Waals surface area contributed by atoms with Crippen LogP contribution < -0.4 is 5.32 Å². The number of halogens is 1. The fourth-order valence-electron chi connectivity index (χ4n) is 1.77. The minimum absolute atomic E-state index is 0.817. The number of benzene rings is 1. The zero-order chi connectivity index (χ0) is 13.0. The molecule has 96 valence electrons. The molecule has 0 bridgehead atoms. The molecule has 0 unspecified atom stereocenters. The minimum atomic E-state index is 0.817. The summed E-state index contributed by atoms with van der Waals surface area (Å²) in [5.74, 6) is 0. The first-order valence-electron chi connectivity index (χ1n) is 6.10. The Morgan fingerprint density at radius 1 is 1.33 bits per heavy atom. The number of aromatic nitrogens is 1. The third-order valence-corrected chi connectivity index (χ3v) is 4.30. The third kappa shape index (κ3) is 3.31. The maximum atomic E-state index is 6.17. The average Bonchev–Trinajstić information content (AvgIpc) is 2.70. The summed E-state index contributed by atoms with van der Waals surface area (Å²) in [6.45, 7) is 6.07. The quantitative estimate of drug-likeness (QED) is 0.901. The standard InChI is InChI=1S/C14H17ClN2S/c1-3-16-9-13-10(2)17-14(18-13)8-11-6-4-5-7-12(11)15/h4-7,16H,3,8-9H2,1-2H3. The van der Waals surface area contributed by atoms with Crippen LogP contribution in [0.3, 0.4) is 0 Å². The monoisotopic (exact) mass is 280 g/mol. The molecule has 0 aliphatic heterocycles. The molecule has 2 aromatic rings. The highest BCUT2D eigenvalue weighted by Crippen LogP contribution is 2.24. The van der Waals surface area contributed by atoms with E-state index in [0.717, 1.165) is 40.8 Å². The van der Waals surface area contributed by atoms with Gasteiger partial charge in [0.2, 0.25) is 0 Å². The van der Waals surface area contributed by atoms with E-state index in [0.29, 0.717) is 0 Å². The first-order valence-corrected chi connectivity index (χ1v) is 7.29. The van der Waals surface area contributed by atoms with Crippen LogP contribution in [0.5, 0.6) is 0 Å². The first-order chi connectivity index (χ1) is 8.70. The lowest BCUT2D eigenvalue weighted by Crippen LogP contribution is -2.11. The van der Waals surface area contributed by atoms with Crippen molar-refractivity contribution in [2.45, 2.75) is 26.8 Å². The van der Waals surface area contributed by atoms with Gasteiger partial charge in [-0.05, 0) is 25.1 Å². The van der Waals surface area contributed by atoms with Crippen LogP contribution in [0.25, 0.3) is 0 Å². The van der Waals surface area contributed by atoms with E-state index < -0.39 is 0 Å². The largest absolute Gasteiger partial charge is 0.312 e. The highest BCUT2D eigenvalue weighted by atomic mass is 35.5. The Kier molecular flexibility index (Phi) is 4.75. The van der Waals surface area contributed by atoms with Crippen LogP contribution in [0, 0.1) is 6.92 Å². The molecule has 0 atom stereocenters. The van der Waals surface area contributed by atoms with Crippen LogP contribution in [-0.4, -0.2) is 11.5 Å². The predicted molar refractivity (Wildman–Crippen MR) is 78.5 cm³/mol. The Bertz CT molecular complexity index is 522. The summed E-state index contributed by atoms with van der Waals surface area (Å²) in [4.78, 5) is 5.94. The van der Waals surface area contributed by atoms with Crippen LogP contribution in [0.15, 0.2) is 24.3 Å².